The van der Waals surface area contributed by atoms with Gasteiger partial charge in [-0.25, -0.2) is 0 Å². The molecule has 1 atom stereocenters. The highest BCUT2D eigenvalue weighted by Crippen LogP contribution is 2.13. The summed E-state index contributed by atoms with van der Waals surface area (Å²) in [6.45, 7) is 3.84. The first-order chi connectivity index (χ1) is 8.79. The number of hydrogen-bond acceptors (Lipinski definition) is 3. The fourth-order valence-corrected chi connectivity index (χ4v) is 1.96. The average molecular weight is 249 g/mol. The summed E-state index contributed by atoms with van der Waals surface area (Å²) in [6, 6.07) is 7.75. The van der Waals surface area contributed by atoms with Crippen molar-refractivity contribution in [1.29, 1.82) is 0 Å². The minimum Gasteiger partial charge on any atom is -0.494 e. The summed E-state index contributed by atoms with van der Waals surface area (Å²) < 4.78 is 10.7. The average Bonchev–Trinajstić information content (AvgIpc) is 2.92. The topological polar surface area (TPSA) is 47.6 Å². The molecule has 1 aliphatic heterocycles. The number of benzene rings is 1. The molecule has 1 heterocycles. The van der Waals surface area contributed by atoms with E-state index in [0.717, 1.165) is 24.2 Å². The van der Waals surface area contributed by atoms with Crippen molar-refractivity contribution >= 4 is 5.91 Å². The molecule has 0 saturated carbocycles. The first-order valence-corrected chi connectivity index (χ1v) is 6.40. The summed E-state index contributed by atoms with van der Waals surface area (Å²) in [7, 11) is 0. The molecular formula is C14H19NO3. The molecule has 4 heteroatoms. The normalized spacial score (nSPS) is 18.6. The van der Waals surface area contributed by atoms with E-state index in [0.29, 0.717) is 19.8 Å². The fourth-order valence-electron chi connectivity index (χ4n) is 1.96. The standard InChI is InChI=1S/C14H19NO3/c1-2-17-12-7-5-11(6-8-12)10-15-14(16)13-4-3-9-18-13/h5-8,13H,2-4,9-10H2,1H3,(H,15,16). The van der Waals surface area contributed by atoms with Crippen molar-refractivity contribution in [3.8, 4) is 5.75 Å². The van der Waals surface area contributed by atoms with Crippen LogP contribution in [0.5, 0.6) is 5.75 Å². The lowest BCUT2D eigenvalue weighted by Gasteiger charge is -2.10. The molecule has 0 spiro atoms. The Balaban J connectivity index is 1.80. The van der Waals surface area contributed by atoms with Gasteiger partial charge in [-0.2, -0.15) is 0 Å². The zero-order chi connectivity index (χ0) is 12.8. The molecule has 1 unspecified atom stereocenters. The quantitative estimate of drug-likeness (QED) is 0.866. The van der Waals surface area contributed by atoms with Crippen LogP contribution in [0.2, 0.25) is 0 Å². The van der Waals surface area contributed by atoms with E-state index in [1.165, 1.54) is 0 Å². The first-order valence-electron chi connectivity index (χ1n) is 6.40. The lowest BCUT2D eigenvalue weighted by atomic mass is 10.2. The van der Waals surface area contributed by atoms with Crippen molar-refractivity contribution in [2.75, 3.05) is 13.2 Å². The van der Waals surface area contributed by atoms with Gasteiger partial charge in [0.15, 0.2) is 0 Å². The summed E-state index contributed by atoms with van der Waals surface area (Å²) in [5.41, 5.74) is 1.06. The van der Waals surface area contributed by atoms with Gasteiger partial charge in [-0.3, -0.25) is 4.79 Å². The number of rotatable bonds is 5. The monoisotopic (exact) mass is 249 g/mol. The van der Waals surface area contributed by atoms with E-state index in [-0.39, 0.29) is 12.0 Å². The van der Waals surface area contributed by atoms with Gasteiger partial charge in [0.05, 0.1) is 6.61 Å². The van der Waals surface area contributed by atoms with Crippen LogP contribution >= 0.6 is 0 Å². The molecule has 18 heavy (non-hydrogen) atoms. The van der Waals surface area contributed by atoms with Crippen LogP contribution in [0.4, 0.5) is 0 Å². The Labute approximate surface area is 107 Å². The molecular weight excluding hydrogens is 230 g/mol. The molecule has 1 aliphatic rings. The molecule has 0 bridgehead atoms. The predicted octanol–water partition coefficient (Wildman–Crippen LogP) is 1.88. The molecule has 2 rings (SSSR count). The number of nitrogens with one attached hydrogen (secondary N) is 1. The van der Waals surface area contributed by atoms with Gasteiger partial charge in [-0.1, -0.05) is 12.1 Å². The van der Waals surface area contributed by atoms with Gasteiger partial charge in [0.1, 0.15) is 11.9 Å². The first kappa shape index (κ1) is 12.9. The maximum absolute atomic E-state index is 11.7. The zero-order valence-corrected chi connectivity index (χ0v) is 10.6. The second-order valence-corrected chi connectivity index (χ2v) is 4.30. The smallest absolute Gasteiger partial charge is 0.249 e. The lowest BCUT2D eigenvalue weighted by Crippen LogP contribution is -2.33. The van der Waals surface area contributed by atoms with E-state index in [2.05, 4.69) is 5.32 Å². The summed E-state index contributed by atoms with van der Waals surface area (Å²) >= 11 is 0. The SMILES string of the molecule is CCOc1ccc(CNC(=O)C2CCCO2)cc1. The molecule has 0 radical (unpaired) electrons. The van der Waals surface area contributed by atoms with Crippen LogP contribution in [0.1, 0.15) is 25.3 Å². The minimum atomic E-state index is -0.257. The van der Waals surface area contributed by atoms with E-state index in [4.69, 9.17) is 9.47 Å². The molecule has 98 valence electrons. The molecule has 0 aliphatic carbocycles. The Morgan fingerprint density at radius 1 is 1.44 bits per heavy atom. The third-order valence-electron chi connectivity index (χ3n) is 2.92. The van der Waals surface area contributed by atoms with Gasteiger partial charge < -0.3 is 14.8 Å². The Bertz CT molecular complexity index is 383. The van der Waals surface area contributed by atoms with E-state index in [9.17, 15) is 4.79 Å². The van der Waals surface area contributed by atoms with Crippen LogP contribution in [0.3, 0.4) is 0 Å². The van der Waals surface area contributed by atoms with Crippen LogP contribution in [-0.4, -0.2) is 25.2 Å². The maximum Gasteiger partial charge on any atom is 0.249 e. The highest BCUT2D eigenvalue weighted by Gasteiger charge is 2.22. The molecule has 1 N–H and O–H groups in total. The second-order valence-electron chi connectivity index (χ2n) is 4.30. The van der Waals surface area contributed by atoms with Gasteiger partial charge in [0, 0.05) is 13.2 Å². The number of carbonyl (C=O) groups excluding carboxylic acids is 1. The Kier molecular flexibility index (Phi) is 4.59. The molecule has 1 aromatic carbocycles. The van der Waals surface area contributed by atoms with Gasteiger partial charge >= 0.3 is 0 Å². The maximum atomic E-state index is 11.7. The molecule has 1 fully saturated rings. The fraction of sp³-hybridized carbons (Fsp3) is 0.500. The van der Waals surface area contributed by atoms with Crippen molar-refractivity contribution in [3.05, 3.63) is 29.8 Å². The highest BCUT2D eigenvalue weighted by molar-refractivity contribution is 5.80. The zero-order valence-electron chi connectivity index (χ0n) is 10.6. The Morgan fingerprint density at radius 3 is 2.83 bits per heavy atom. The van der Waals surface area contributed by atoms with E-state index < -0.39 is 0 Å². The van der Waals surface area contributed by atoms with Gasteiger partial charge in [-0.15, -0.1) is 0 Å². The highest BCUT2D eigenvalue weighted by atomic mass is 16.5. The van der Waals surface area contributed by atoms with Gasteiger partial charge in [-0.05, 0) is 37.5 Å². The molecule has 1 amide bonds. The number of ether oxygens (including phenoxy) is 2. The van der Waals surface area contributed by atoms with Crippen LogP contribution in [-0.2, 0) is 16.1 Å². The number of carbonyl (C=O) groups is 1. The number of amides is 1. The van der Waals surface area contributed by atoms with Gasteiger partial charge in [0.2, 0.25) is 5.91 Å². The van der Waals surface area contributed by atoms with Crippen LogP contribution in [0.25, 0.3) is 0 Å². The van der Waals surface area contributed by atoms with Gasteiger partial charge in [0.25, 0.3) is 0 Å². The summed E-state index contributed by atoms with van der Waals surface area (Å²) in [5, 5.41) is 2.89. The number of hydrogen-bond donors (Lipinski definition) is 1. The van der Waals surface area contributed by atoms with E-state index in [1.54, 1.807) is 0 Å². The third kappa shape index (κ3) is 3.47. The van der Waals surface area contributed by atoms with E-state index in [1.807, 2.05) is 31.2 Å². The molecule has 0 aromatic heterocycles. The summed E-state index contributed by atoms with van der Waals surface area (Å²) in [5.74, 6) is 0.841. The lowest BCUT2D eigenvalue weighted by molar-refractivity contribution is -0.130. The predicted molar refractivity (Wildman–Crippen MR) is 68.4 cm³/mol. The third-order valence-corrected chi connectivity index (χ3v) is 2.92. The van der Waals surface area contributed by atoms with Crippen molar-refractivity contribution in [2.24, 2.45) is 0 Å². The van der Waals surface area contributed by atoms with Crippen molar-refractivity contribution in [2.45, 2.75) is 32.4 Å². The second kappa shape index (κ2) is 6.40. The van der Waals surface area contributed by atoms with Crippen LogP contribution in [0.15, 0.2) is 24.3 Å². The summed E-state index contributed by atoms with van der Waals surface area (Å²) in [4.78, 5) is 11.7. The minimum absolute atomic E-state index is 0.0126. The Morgan fingerprint density at radius 2 is 2.22 bits per heavy atom. The van der Waals surface area contributed by atoms with Crippen LogP contribution in [0, 0.1) is 0 Å². The molecule has 1 aromatic rings. The Hall–Kier alpha value is -1.55. The largest absolute Gasteiger partial charge is 0.494 e. The molecule has 1 saturated heterocycles. The van der Waals surface area contributed by atoms with E-state index >= 15 is 0 Å². The van der Waals surface area contributed by atoms with Crippen molar-refractivity contribution in [1.82, 2.24) is 5.32 Å². The molecule has 4 nitrogen and oxygen atoms in total. The van der Waals surface area contributed by atoms with Crippen molar-refractivity contribution < 1.29 is 14.3 Å². The van der Waals surface area contributed by atoms with Crippen LogP contribution < -0.4 is 10.1 Å². The summed E-state index contributed by atoms with van der Waals surface area (Å²) in [6.07, 6.45) is 1.55. The van der Waals surface area contributed by atoms with Crippen molar-refractivity contribution in [3.63, 3.8) is 0 Å².